The van der Waals surface area contributed by atoms with Gasteiger partial charge in [-0.3, -0.25) is 0 Å². The van der Waals surface area contributed by atoms with Crippen LogP contribution < -0.4 is 10.5 Å². The summed E-state index contributed by atoms with van der Waals surface area (Å²) in [6.07, 6.45) is -1.18. The van der Waals surface area contributed by atoms with Crippen LogP contribution in [0.25, 0.3) is 0 Å². The second-order valence-corrected chi connectivity index (χ2v) is 4.36. The summed E-state index contributed by atoms with van der Waals surface area (Å²) in [4.78, 5) is 12.3. The molecule has 1 aliphatic rings. The number of hydrogen-bond acceptors (Lipinski definition) is 3. The van der Waals surface area contributed by atoms with Crippen molar-refractivity contribution in [2.24, 2.45) is 5.73 Å². The zero-order valence-electron chi connectivity index (χ0n) is 9.04. The number of likely N-dealkylation sites (tertiary alicyclic amines) is 1. The van der Waals surface area contributed by atoms with Crippen molar-refractivity contribution in [1.29, 1.82) is 0 Å². The molecule has 17 heavy (non-hydrogen) atoms. The van der Waals surface area contributed by atoms with Crippen molar-refractivity contribution >= 4 is 17.6 Å². The van der Waals surface area contributed by atoms with Gasteiger partial charge in [-0.25, -0.2) is 4.79 Å². The zero-order chi connectivity index (χ0) is 12.4. The molecule has 92 valence electrons. The topological polar surface area (TPSA) is 75.8 Å². The summed E-state index contributed by atoms with van der Waals surface area (Å²) in [6, 6.07) is 6.27. The number of ether oxygens (including phenoxy) is 1. The Morgan fingerprint density at radius 3 is 2.59 bits per heavy atom. The van der Waals surface area contributed by atoms with Crippen LogP contribution >= 0.6 is 11.6 Å². The highest BCUT2D eigenvalue weighted by molar-refractivity contribution is 6.30. The standard InChI is InChI=1S/C11H13ClN2O3/c12-7-1-3-8(4-2-7)17-10-6-14(11(13)16)5-9(10)15/h1-4,9-10,15H,5-6H2,(H2,13,16)/t9-,10-/m0/s1. The molecular formula is C11H13ClN2O3. The van der Waals surface area contributed by atoms with Crippen LogP contribution in [-0.2, 0) is 0 Å². The van der Waals surface area contributed by atoms with E-state index in [1.807, 2.05) is 0 Å². The number of β-amino-alcohol motifs (C(OH)–C–C–N with tert-alkyl or cyclic N) is 1. The first-order valence-electron chi connectivity index (χ1n) is 5.21. The van der Waals surface area contributed by atoms with Crippen LogP contribution in [0.2, 0.25) is 5.02 Å². The molecule has 0 bridgehead atoms. The first kappa shape index (κ1) is 12.0. The predicted octanol–water partition coefficient (Wildman–Crippen LogP) is 0.843. The van der Waals surface area contributed by atoms with Crippen molar-refractivity contribution in [1.82, 2.24) is 4.90 Å². The normalized spacial score (nSPS) is 23.8. The SMILES string of the molecule is NC(=O)N1C[C@H](Oc2ccc(Cl)cc2)[C@@H](O)C1. The minimum atomic E-state index is -0.724. The van der Waals surface area contributed by atoms with Crippen LogP contribution in [0.4, 0.5) is 4.79 Å². The lowest BCUT2D eigenvalue weighted by Crippen LogP contribution is -2.35. The van der Waals surface area contributed by atoms with Crippen LogP contribution in [0.3, 0.4) is 0 Å². The molecule has 0 aliphatic carbocycles. The Kier molecular flexibility index (Phi) is 3.40. The third-order valence-electron chi connectivity index (χ3n) is 2.65. The first-order valence-corrected chi connectivity index (χ1v) is 5.59. The predicted molar refractivity (Wildman–Crippen MR) is 63.0 cm³/mol. The van der Waals surface area contributed by atoms with Gasteiger partial charge in [-0.2, -0.15) is 0 Å². The Bertz CT molecular complexity index is 410. The van der Waals surface area contributed by atoms with Crippen LogP contribution in [0.5, 0.6) is 5.75 Å². The Morgan fingerprint density at radius 1 is 1.41 bits per heavy atom. The molecule has 1 aliphatic heterocycles. The fourth-order valence-corrected chi connectivity index (χ4v) is 1.87. The quantitative estimate of drug-likeness (QED) is 0.823. The number of halogens is 1. The Morgan fingerprint density at radius 2 is 2.06 bits per heavy atom. The Hall–Kier alpha value is -1.46. The minimum Gasteiger partial charge on any atom is -0.486 e. The van der Waals surface area contributed by atoms with E-state index in [0.717, 1.165) is 0 Å². The monoisotopic (exact) mass is 256 g/mol. The van der Waals surface area contributed by atoms with E-state index >= 15 is 0 Å². The summed E-state index contributed by atoms with van der Waals surface area (Å²) in [6.45, 7) is 0.493. The second-order valence-electron chi connectivity index (χ2n) is 3.92. The lowest BCUT2D eigenvalue weighted by molar-refractivity contribution is 0.0737. The first-order chi connectivity index (χ1) is 8.06. The van der Waals surface area contributed by atoms with Gasteiger partial charge < -0.3 is 20.5 Å². The van der Waals surface area contributed by atoms with E-state index in [9.17, 15) is 9.90 Å². The van der Waals surface area contributed by atoms with E-state index in [1.54, 1.807) is 24.3 Å². The van der Waals surface area contributed by atoms with E-state index < -0.39 is 18.2 Å². The van der Waals surface area contributed by atoms with Crippen molar-refractivity contribution in [2.45, 2.75) is 12.2 Å². The fourth-order valence-electron chi connectivity index (χ4n) is 1.74. The summed E-state index contributed by atoms with van der Waals surface area (Å²) in [5.74, 6) is 0.602. The number of carbonyl (C=O) groups is 1. The van der Waals surface area contributed by atoms with Gasteiger partial charge in [0.05, 0.1) is 13.1 Å². The number of aliphatic hydroxyl groups is 1. The van der Waals surface area contributed by atoms with Crippen LogP contribution in [0, 0.1) is 0 Å². The molecule has 0 saturated carbocycles. The van der Waals surface area contributed by atoms with Gasteiger partial charge in [0.2, 0.25) is 0 Å². The average molecular weight is 257 g/mol. The summed E-state index contributed by atoms with van der Waals surface area (Å²) in [7, 11) is 0. The molecule has 2 atom stereocenters. The highest BCUT2D eigenvalue weighted by Gasteiger charge is 2.34. The van der Waals surface area contributed by atoms with Crippen LogP contribution in [0.15, 0.2) is 24.3 Å². The van der Waals surface area contributed by atoms with Crippen molar-refractivity contribution < 1.29 is 14.6 Å². The van der Waals surface area contributed by atoms with Crippen molar-refractivity contribution in [3.63, 3.8) is 0 Å². The highest BCUT2D eigenvalue weighted by atomic mass is 35.5. The van der Waals surface area contributed by atoms with Gasteiger partial charge in [0.15, 0.2) is 0 Å². The summed E-state index contributed by atoms with van der Waals surface area (Å²) in [5.41, 5.74) is 5.14. The van der Waals surface area contributed by atoms with Gasteiger partial charge in [0.1, 0.15) is 18.0 Å². The molecule has 5 nitrogen and oxygen atoms in total. The summed E-state index contributed by atoms with van der Waals surface area (Å²) < 4.78 is 5.56. The van der Waals surface area contributed by atoms with E-state index in [-0.39, 0.29) is 6.54 Å². The molecule has 0 aromatic heterocycles. The number of hydrogen-bond donors (Lipinski definition) is 2. The second kappa shape index (κ2) is 4.81. The molecule has 0 unspecified atom stereocenters. The number of nitrogens with zero attached hydrogens (tertiary/aromatic N) is 1. The zero-order valence-corrected chi connectivity index (χ0v) is 9.80. The summed E-state index contributed by atoms with van der Waals surface area (Å²) >= 11 is 5.75. The molecule has 0 spiro atoms. The molecule has 2 amide bonds. The third-order valence-corrected chi connectivity index (χ3v) is 2.90. The van der Waals surface area contributed by atoms with E-state index in [1.165, 1.54) is 4.90 Å². The van der Waals surface area contributed by atoms with Crippen LogP contribution in [0.1, 0.15) is 0 Å². The molecule has 2 rings (SSSR count). The molecular weight excluding hydrogens is 244 g/mol. The molecule has 1 heterocycles. The number of rotatable bonds is 2. The van der Waals surface area contributed by atoms with E-state index in [0.29, 0.717) is 17.3 Å². The van der Waals surface area contributed by atoms with Crippen molar-refractivity contribution in [3.8, 4) is 5.75 Å². The molecule has 6 heteroatoms. The number of nitrogens with two attached hydrogens (primary N) is 1. The third kappa shape index (κ3) is 2.81. The smallest absolute Gasteiger partial charge is 0.315 e. The average Bonchev–Trinajstić information content (AvgIpc) is 2.64. The van der Waals surface area contributed by atoms with Gasteiger partial charge in [0, 0.05) is 5.02 Å². The number of urea groups is 1. The number of benzene rings is 1. The number of aliphatic hydroxyl groups excluding tert-OH is 1. The number of primary amides is 1. The van der Waals surface area contributed by atoms with Gasteiger partial charge in [0.25, 0.3) is 0 Å². The highest BCUT2D eigenvalue weighted by Crippen LogP contribution is 2.20. The molecule has 1 saturated heterocycles. The van der Waals surface area contributed by atoms with Gasteiger partial charge >= 0.3 is 6.03 Å². The maximum atomic E-state index is 11.0. The number of carbonyl (C=O) groups excluding carboxylic acids is 1. The van der Waals surface area contributed by atoms with Gasteiger partial charge in [-0.05, 0) is 24.3 Å². The molecule has 1 aromatic rings. The number of amides is 2. The minimum absolute atomic E-state index is 0.202. The molecule has 1 fully saturated rings. The molecule has 3 N–H and O–H groups in total. The van der Waals surface area contributed by atoms with Gasteiger partial charge in [-0.1, -0.05) is 11.6 Å². The molecule has 1 aromatic carbocycles. The van der Waals surface area contributed by atoms with Crippen molar-refractivity contribution in [2.75, 3.05) is 13.1 Å². The Balaban J connectivity index is 2.00. The van der Waals surface area contributed by atoms with Gasteiger partial charge in [-0.15, -0.1) is 0 Å². The fraction of sp³-hybridized carbons (Fsp3) is 0.364. The lowest BCUT2D eigenvalue weighted by atomic mass is 10.2. The largest absolute Gasteiger partial charge is 0.486 e. The lowest BCUT2D eigenvalue weighted by Gasteiger charge is -2.16. The van der Waals surface area contributed by atoms with E-state index in [2.05, 4.69) is 0 Å². The maximum Gasteiger partial charge on any atom is 0.315 e. The maximum absolute atomic E-state index is 11.0. The van der Waals surface area contributed by atoms with Crippen molar-refractivity contribution in [3.05, 3.63) is 29.3 Å². The molecule has 0 radical (unpaired) electrons. The van der Waals surface area contributed by atoms with E-state index in [4.69, 9.17) is 22.1 Å². The summed E-state index contributed by atoms with van der Waals surface area (Å²) in [5, 5.41) is 10.3. The van der Waals surface area contributed by atoms with Crippen LogP contribution in [-0.4, -0.2) is 41.3 Å². The Labute approximate surface area is 104 Å².